The van der Waals surface area contributed by atoms with E-state index in [4.69, 9.17) is 10.5 Å². The van der Waals surface area contributed by atoms with Crippen LogP contribution in [-0.4, -0.2) is 20.2 Å². The number of ether oxygens (including phenoxy) is 1. The van der Waals surface area contributed by atoms with E-state index in [1.165, 1.54) is 19.3 Å². The summed E-state index contributed by atoms with van der Waals surface area (Å²) < 4.78 is 6.12. The molecule has 0 spiro atoms. The normalized spacial score (nSPS) is 23.1. The standard InChI is InChI=1S/C16H26N2O/c1-4-12-5-8-14(9-6-12)19-16-11-13(18(2)3)7-10-15(16)17/h7,10-12,14H,4-6,8-9,17H2,1-3H3. The van der Waals surface area contributed by atoms with Gasteiger partial charge in [0.05, 0.1) is 11.8 Å². The van der Waals surface area contributed by atoms with E-state index in [9.17, 15) is 0 Å². The molecule has 0 bridgehead atoms. The lowest BCUT2D eigenvalue weighted by atomic mass is 9.86. The third-order valence-electron chi connectivity index (χ3n) is 4.18. The van der Waals surface area contributed by atoms with E-state index in [-0.39, 0.29) is 0 Å². The van der Waals surface area contributed by atoms with Crippen molar-refractivity contribution < 1.29 is 4.74 Å². The maximum Gasteiger partial charge on any atom is 0.144 e. The van der Waals surface area contributed by atoms with Gasteiger partial charge in [-0.25, -0.2) is 0 Å². The molecular formula is C16H26N2O. The SMILES string of the molecule is CCC1CCC(Oc2cc(N(C)C)ccc2N)CC1. The maximum atomic E-state index is 6.12. The highest BCUT2D eigenvalue weighted by atomic mass is 16.5. The monoisotopic (exact) mass is 262 g/mol. The molecule has 1 aromatic rings. The minimum Gasteiger partial charge on any atom is -0.488 e. The van der Waals surface area contributed by atoms with Crippen molar-refractivity contribution in [2.24, 2.45) is 5.92 Å². The summed E-state index contributed by atoms with van der Waals surface area (Å²) in [5.41, 5.74) is 7.89. The zero-order valence-electron chi connectivity index (χ0n) is 12.4. The Kier molecular flexibility index (Phi) is 4.56. The highest BCUT2D eigenvalue weighted by molar-refractivity contribution is 5.61. The van der Waals surface area contributed by atoms with E-state index in [0.29, 0.717) is 6.10 Å². The maximum absolute atomic E-state index is 6.12. The summed E-state index contributed by atoms with van der Waals surface area (Å²) in [6.45, 7) is 2.28. The van der Waals surface area contributed by atoms with Gasteiger partial charge in [-0.05, 0) is 43.7 Å². The Morgan fingerprint density at radius 2 is 1.89 bits per heavy atom. The fraction of sp³-hybridized carbons (Fsp3) is 0.625. The van der Waals surface area contributed by atoms with Gasteiger partial charge >= 0.3 is 0 Å². The Labute approximate surface area is 116 Å². The van der Waals surface area contributed by atoms with Gasteiger partial charge in [0.15, 0.2) is 0 Å². The van der Waals surface area contributed by atoms with Gasteiger partial charge in [-0.15, -0.1) is 0 Å². The quantitative estimate of drug-likeness (QED) is 0.841. The zero-order chi connectivity index (χ0) is 13.8. The molecule has 2 rings (SSSR count). The summed E-state index contributed by atoms with van der Waals surface area (Å²) in [5, 5.41) is 0. The van der Waals surface area contributed by atoms with Gasteiger partial charge in [0.1, 0.15) is 5.75 Å². The molecule has 0 unspecified atom stereocenters. The van der Waals surface area contributed by atoms with E-state index in [1.54, 1.807) is 0 Å². The van der Waals surface area contributed by atoms with Crippen LogP contribution in [0.5, 0.6) is 5.75 Å². The van der Waals surface area contributed by atoms with Crippen LogP contribution in [0.3, 0.4) is 0 Å². The van der Waals surface area contributed by atoms with Crippen LogP contribution >= 0.6 is 0 Å². The molecule has 0 heterocycles. The van der Waals surface area contributed by atoms with Crippen molar-refractivity contribution >= 4 is 11.4 Å². The fourth-order valence-corrected chi connectivity index (χ4v) is 2.74. The van der Waals surface area contributed by atoms with Crippen LogP contribution < -0.4 is 15.4 Å². The third-order valence-corrected chi connectivity index (χ3v) is 4.18. The van der Waals surface area contributed by atoms with Gasteiger partial charge in [0.25, 0.3) is 0 Å². The molecule has 0 saturated heterocycles. The fourth-order valence-electron chi connectivity index (χ4n) is 2.74. The molecule has 106 valence electrons. The summed E-state index contributed by atoms with van der Waals surface area (Å²) in [6, 6.07) is 6.00. The second-order valence-electron chi connectivity index (χ2n) is 5.79. The number of rotatable bonds is 4. The average molecular weight is 262 g/mol. The Morgan fingerprint density at radius 3 is 2.47 bits per heavy atom. The highest BCUT2D eigenvalue weighted by Gasteiger charge is 2.21. The minimum atomic E-state index is 0.336. The lowest BCUT2D eigenvalue weighted by molar-refractivity contribution is 0.131. The topological polar surface area (TPSA) is 38.5 Å². The van der Waals surface area contributed by atoms with E-state index in [0.717, 1.165) is 35.9 Å². The Morgan fingerprint density at radius 1 is 1.21 bits per heavy atom. The molecule has 1 fully saturated rings. The van der Waals surface area contributed by atoms with E-state index in [2.05, 4.69) is 11.8 Å². The minimum absolute atomic E-state index is 0.336. The number of nitrogen functional groups attached to an aromatic ring is 1. The summed E-state index contributed by atoms with van der Waals surface area (Å²) in [6.07, 6.45) is 6.52. The first-order chi connectivity index (χ1) is 9.10. The van der Waals surface area contributed by atoms with Crippen LogP contribution in [0, 0.1) is 5.92 Å². The molecule has 0 amide bonds. The molecular weight excluding hydrogens is 236 g/mol. The van der Waals surface area contributed by atoms with Crippen LogP contribution in [0.25, 0.3) is 0 Å². The molecule has 1 aliphatic rings. The van der Waals surface area contributed by atoms with Crippen LogP contribution in [0.4, 0.5) is 11.4 Å². The molecule has 1 saturated carbocycles. The van der Waals surface area contributed by atoms with Gasteiger partial charge in [-0.3, -0.25) is 0 Å². The number of nitrogens with zero attached hydrogens (tertiary/aromatic N) is 1. The lowest BCUT2D eigenvalue weighted by Gasteiger charge is -2.29. The van der Waals surface area contributed by atoms with Crippen molar-refractivity contribution in [1.29, 1.82) is 0 Å². The van der Waals surface area contributed by atoms with E-state index in [1.807, 2.05) is 32.3 Å². The second kappa shape index (κ2) is 6.18. The first-order valence-electron chi connectivity index (χ1n) is 7.33. The summed E-state index contributed by atoms with van der Waals surface area (Å²) in [4.78, 5) is 2.07. The van der Waals surface area contributed by atoms with Gasteiger partial charge in [0, 0.05) is 25.8 Å². The lowest BCUT2D eigenvalue weighted by Crippen LogP contribution is -2.24. The van der Waals surface area contributed by atoms with Crippen molar-refractivity contribution in [1.82, 2.24) is 0 Å². The summed E-state index contributed by atoms with van der Waals surface area (Å²) in [5.74, 6) is 1.73. The van der Waals surface area contributed by atoms with Gasteiger partial charge in [0.2, 0.25) is 0 Å². The first-order valence-corrected chi connectivity index (χ1v) is 7.33. The molecule has 0 radical (unpaired) electrons. The molecule has 1 aliphatic carbocycles. The molecule has 0 aromatic heterocycles. The van der Waals surface area contributed by atoms with Gasteiger partial charge in [-0.1, -0.05) is 13.3 Å². The summed E-state index contributed by atoms with van der Waals surface area (Å²) >= 11 is 0. The van der Waals surface area contributed by atoms with Crippen molar-refractivity contribution in [2.75, 3.05) is 24.7 Å². The van der Waals surface area contributed by atoms with Gasteiger partial charge in [-0.2, -0.15) is 0 Å². The molecule has 19 heavy (non-hydrogen) atoms. The number of hydrogen-bond acceptors (Lipinski definition) is 3. The number of benzene rings is 1. The predicted octanol–water partition coefficient (Wildman–Crippen LogP) is 3.68. The third kappa shape index (κ3) is 3.55. The van der Waals surface area contributed by atoms with Crippen LogP contribution in [0.1, 0.15) is 39.0 Å². The summed E-state index contributed by atoms with van der Waals surface area (Å²) in [7, 11) is 4.06. The average Bonchev–Trinajstić information content (AvgIpc) is 2.42. The number of anilines is 2. The second-order valence-corrected chi connectivity index (χ2v) is 5.79. The smallest absolute Gasteiger partial charge is 0.144 e. The Hall–Kier alpha value is -1.38. The molecule has 3 nitrogen and oxygen atoms in total. The molecule has 3 heteroatoms. The molecule has 0 aliphatic heterocycles. The van der Waals surface area contributed by atoms with Crippen LogP contribution in [0.2, 0.25) is 0 Å². The van der Waals surface area contributed by atoms with E-state index >= 15 is 0 Å². The molecule has 1 aromatic carbocycles. The molecule has 2 N–H and O–H groups in total. The van der Waals surface area contributed by atoms with Crippen molar-refractivity contribution in [3.63, 3.8) is 0 Å². The number of hydrogen-bond donors (Lipinski definition) is 1. The van der Waals surface area contributed by atoms with Crippen molar-refractivity contribution in [3.8, 4) is 5.75 Å². The highest BCUT2D eigenvalue weighted by Crippen LogP contribution is 2.33. The predicted molar refractivity (Wildman–Crippen MR) is 81.8 cm³/mol. The van der Waals surface area contributed by atoms with E-state index < -0.39 is 0 Å². The first kappa shape index (κ1) is 14.0. The molecule has 0 atom stereocenters. The Balaban J connectivity index is 2.01. The Bertz CT molecular complexity index is 409. The number of nitrogens with two attached hydrogens (primary N) is 1. The largest absolute Gasteiger partial charge is 0.488 e. The van der Waals surface area contributed by atoms with Gasteiger partial charge < -0.3 is 15.4 Å². The van der Waals surface area contributed by atoms with Crippen LogP contribution in [0.15, 0.2) is 18.2 Å². The van der Waals surface area contributed by atoms with Crippen molar-refractivity contribution in [2.45, 2.75) is 45.1 Å². The zero-order valence-corrected chi connectivity index (χ0v) is 12.4. The van der Waals surface area contributed by atoms with Crippen LogP contribution in [-0.2, 0) is 0 Å². The van der Waals surface area contributed by atoms with Crippen molar-refractivity contribution in [3.05, 3.63) is 18.2 Å².